The van der Waals surface area contributed by atoms with Crippen LogP contribution in [0, 0.1) is 18.7 Å². The van der Waals surface area contributed by atoms with Crippen molar-refractivity contribution in [2.45, 2.75) is 32.7 Å². The molecular weight excluding hydrogens is 429 g/mol. The first-order valence-corrected chi connectivity index (χ1v) is 11.4. The van der Waals surface area contributed by atoms with Gasteiger partial charge in [-0.1, -0.05) is 19.1 Å². The number of likely N-dealkylation sites (tertiary alicyclic amines) is 1. The number of hydrogen-bond donors (Lipinski definition) is 1. The highest BCUT2D eigenvalue weighted by Gasteiger charge is 2.34. The monoisotopic (exact) mass is 455 g/mol. The summed E-state index contributed by atoms with van der Waals surface area (Å²) in [5, 5.41) is 4.06. The number of carbonyl (C=O) groups excluding carboxylic acids is 1. The number of ether oxygens (including phenoxy) is 1. The van der Waals surface area contributed by atoms with Gasteiger partial charge in [-0.05, 0) is 43.4 Å². The van der Waals surface area contributed by atoms with Gasteiger partial charge in [0.05, 0.1) is 35.4 Å². The average Bonchev–Trinajstić information content (AvgIpc) is 3.20. The van der Waals surface area contributed by atoms with Gasteiger partial charge in [-0.3, -0.25) is 4.79 Å². The molecule has 9 heteroatoms. The van der Waals surface area contributed by atoms with Gasteiger partial charge in [-0.25, -0.2) is 19.3 Å². The van der Waals surface area contributed by atoms with Crippen LogP contribution < -0.4 is 10.1 Å². The molecule has 4 rings (SSSR count). The van der Waals surface area contributed by atoms with Crippen LogP contribution in [0.3, 0.4) is 0 Å². The quantitative estimate of drug-likeness (QED) is 0.593. The van der Waals surface area contributed by atoms with Crippen LogP contribution in [-0.2, 0) is 0 Å². The van der Waals surface area contributed by atoms with Crippen LogP contribution in [0.4, 0.5) is 10.3 Å². The molecule has 1 aliphatic rings. The highest BCUT2D eigenvalue weighted by atomic mass is 32.1. The predicted octanol–water partition coefficient (Wildman–Crippen LogP) is 4.41. The zero-order valence-corrected chi connectivity index (χ0v) is 19.2. The van der Waals surface area contributed by atoms with E-state index < -0.39 is 0 Å². The molecule has 0 saturated carbocycles. The van der Waals surface area contributed by atoms with Crippen LogP contribution in [0.15, 0.2) is 36.7 Å². The maximum atomic E-state index is 13.6. The fraction of sp³-hybridized carbons (Fsp3) is 0.391. The Labute approximate surface area is 190 Å². The second kappa shape index (κ2) is 9.60. The predicted molar refractivity (Wildman–Crippen MR) is 123 cm³/mol. The number of rotatable bonds is 6. The van der Waals surface area contributed by atoms with E-state index in [9.17, 15) is 9.18 Å². The van der Waals surface area contributed by atoms with Gasteiger partial charge in [0.25, 0.3) is 5.91 Å². The van der Waals surface area contributed by atoms with Crippen molar-refractivity contribution in [2.24, 2.45) is 5.92 Å². The van der Waals surface area contributed by atoms with E-state index in [-0.39, 0.29) is 17.8 Å². The Hall–Kier alpha value is -3.07. The molecule has 168 valence electrons. The summed E-state index contributed by atoms with van der Waals surface area (Å²) in [6.07, 6.45) is 5.20. The van der Waals surface area contributed by atoms with Crippen LogP contribution in [0.25, 0.3) is 10.4 Å². The van der Waals surface area contributed by atoms with Gasteiger partial charge in [0.15, 0.2) is 5.75 Å². The van der Waals surface area contributed by atoms with Gasteiger partial charge >= 0.3 is 0 Å². The van der Waals surface area contributed by atoms with Gasteiger partial charge < -0.3 is 15.0 Å². The van der Waals surface area contributed by atoms with Crippen LogP contribution in [0.2, 0.25) is 0 Å². The molecule has 0 aliphatic carbocycles. The summed E-state index contributed by atoms with van der Waals surface area (Å²) in [6.45, 7) is 5.24. The van der Waals surface area contributed by atoms with Crippen molar-refractivity contribution >= 4 is 23.2 Å². The topological polar surface area (TPSA) is 80.2 Å². The molecule has 1 N–H and O–H groups in total. The minimum Gasteiger partial charge on any atom is -0.494 e. The Morgan fingerprint density at radius 1 is 1.28 bits per heavy atom. The standard InChI is InChI=1S/C23H26FN5O2S/c1-14-5-4-10-29(19(14)13-27-23-25-11-18(31-3)12-26-23)22(30)20-21(32-15(2)28-20)16-6-8-17(24)9-7-16/h6-9,11-12,14,19H,4-5,10,13H2,1-3H3,(H,25,26,27)/t14-,19-/m0/s1. The van der Waals surface area contributed by atoms with E-state index in [0.717, 1.165) is 28.3 Å². The van der Waals surface area contributed by atoms with Crippen LogP contribution >= 0.6 is 11.3 Å². The lowest BCUT2D eigenvalue weighted by Crippen LogP contribution is -2.51. The molecule has 2 atom stereocenters. The molecule has 3 aromatic rings. The molecular formula is C23H26FN5O2S. The van der Waals surface area contributed by atoms with Gasteiger partial charge in [-0.2, -0.15) is 0 Å². The summed E-state index contributed by atoms with van der Waals surface area (Å²) in [7, 11) is 1.57. The third-order valence-electron chi connectivity index (χ3n) is 5.75. The number of nitrogens with one attached hydrogen (secondary N) is 1. The Morgan fingerprint density at radius 2 is 2.00 bits per heavy atom. The van der Waals surface area contributed by atoms with Crippen molar-refractivity contribution in [3.05, 3.63) is 53.2 Å². The normalized spacial score (nSPS) is 18.4. The van der Waals surface area contributed by atoms with Crippen LogP contribution in [-0.4, -0.2) is 52.0 Å². The summed E-state index contributed by atoms with van der Waals surface area (Å²) in [4.78, 5) is 29.4. The maximum absolute atomic E-state index is 13.6. The molecule has 32 heavy (non-hydrogen) atoms. The molecule has 2 aromatic heterocycles. The van der Waals surface area contributed by atoms with Crippen molar-refractivity contribution in [1.82, 2.24) is 19.9 Å². The number of methoxy groups -OCH3 is 1. The molecule has 1 fully saturated rings. The molecule has 1 saturated heterocycles. The zero-order chi connectivity index (χ0) is 22.7. The first-order chi connectivity index (χ1) is 15.5. The number of benzene rings is 1. The van der Waals surface area contributed by atoms with Gasteiger partial charge in [0.1, 0.15) is 11.5 Å². The summed E-state index contributed by atoms with van der Waals surface area (Å²) in [6, 6.07) is 6.17. The Bertz CT molecular complexity index is 1070. The number of anilines is 1. The molecule has 7 nitrogen and oxygen atoms in total. The molecule has 0 radical (unpaired) electrons. The van der Waals surface area contributed by atoms with Crippen molar-refractivity contribution in [2.75, 3.05) is 25.5 Å². The number of nitrogens with zero attached hydrogens (tertiary/aromatic N) is 4. The zero-order valence-electron chi connectivity index (χ0n) is 18.3. The Kier molecular flexibility index (Phi) is 6.64. The van der Waals surface area contributed by atoms with E-state index in [1.165, 1.54) is 23.5 Å². The lowest BCUT2D eigenvalue weighted by molar-refractivity contribution is 0.0535. The highest BCUT2D eigenvalue weighted by Crippen LogP contribution is 2.33. The summed E-state index contributed by atoms with van der Waals surface area (Å²) in [5.74, 6) is 0.993. The number of carbonyl (C=O) groups is 1. The number of thiazole rings is 1. The van der Waals surface area contributed by atoms with Gasteiger partial charge in [-0.15, -0.1) is 11.3 Å². The number of amides is 1. The van der Waals surface area contributed by atoms with E-state index in [1.54, 1.807) is 31.6 Å². The maximum Gasteiger partial charge on any atom is 0.274 e. The fourth-order valence-electron chi connectivity index (χ4n) is 4.03. The largest absolute Gasteiger partial charge is 0.494 e. The summed E-state index contributed by atoms with van der Waals surface area (Å²) in [5.41, 5.74) is 1.23. The number of aryl methyl sites for hydroxylation is 1. The summed E-state index contributed by atoms with van der Waals surface area (Å²) < 4.78 is 18.5. The smallest absolute Gasteiger partial charge is 0.274 e. The SMILES string of the molecule is COc1cnc(NC[C@H]2[C@@H](C)CCCN2C(=O)c2nc(C)sc2-c2ccc(F)cc2)nc1. The van der Waals surface area contributed by atoms with Crippen molar-refractivity contribution in [3.8, 4) is 16.2 Å². The first kappa shape index (κ1) is 22.1. The van der Waals surface area contributed by atoms with Gasteiger partial charge in [0.2, 0.25) is 5.95 Å². The van der Waals surface area contributed by atoms with Crippen molar-refractivity contribution < 1.29 is 13.9 Å². The first-order valence-electron chi connectivity index (χ1n) is 10.6. The van der Waals surface area contributed by atoms with E-state index in [0.29, 0.717) is 36.4 Å². The minimum absolute atomic E-state index is 0.0231. The molecule has 1 aromatic carbocycles. The van der Waals surface area contributed by atoms with E-state index in [2.05, 4.69) is 27.2 Å². The number of halogens is 1. The fourth-order valence-corrected chi connectivity index (χ4v) is 4.94. The number of aromatic nitrogens is 3. The summed E-state index contributed by atoms with van der Waals surface area (Å²) >= 11 is 1.45. The van der Waals surface area contributed by atoms with E-state index >= 15 is 0 Å². The number of hydrogen-bond acceptors (Lipinski definition) is 7. The molecule has 0 bridgehead atoms. The Balaban J connectivity index is 1.56. The third kappa shape index (κ3) is 4.72. The second-order valence-electron chi connectivity index (χ2n) is 7.93. The molecule has 0 unspecified atom stereocenters. The molecule has 3 heterocycles. The molecule has 1 aliphatic heterocycles. The minimum atomic E-state index is -0.306. The Morgan fingerprint density at radius 3 is 2.69 bits per heavy atom. The highest BCUT2D eigenvalue weighted by molar-refractivity contribution is 7.15. The lowest BCUT2D eigenvalue weighted by Gasteiger charge is -2.40. The van der Waals surface area contributed by atoms with Crippen molar-refractivity contribution in [3.63, 3.8) is 0 Å². The average molecular weight is 456 g/mol. The molecule has 1 amide bonds. The van der Waals surface area contributed by atoms with Gasteiger partial charge in [0, 0.05) is 13.1 Å². The van der Waals surface area contributed by atoms with Crippen molar-refractivity contribution in [1.29, 1.82) is 0 Å². The van der Waals surface area contributed by atoms with Crippen LogP contribution in [0.1, 0.15) is 35.3 Å². The van der Waals surface area contributed by atoms with E-state index in [4.69, 9.17) is 4.74 Å². The van der Waals surface area contributed by atoms with E-state index in [1.807, 2.05) is 11.8 Å². The number of piperidine rings is 1. The third-order valence-corrected chi connectivity index (χ3v) is 6.77. The second-order valence-corrected chi connectivity index (χ2v) is 9.13. The molecule has 0 spiro atoms. The van der Waals surface area contributed by atoms with Crippen LogP contribution in [0.5, 0.6) is 5.75 Å². The lowest BCUT2D eigenvalue weighted by atomic mass is 9.90.